The van der Waals surface area contributed by atoms with Gasteiger partial charge in [0, 0.05) is 51.0 Å². The molecule has 1 fully saturated rings. The van der Waals surface area contributed by atoms with E-state index in [2.05, 4.69) is 67.7 Å². The molecular formula is C23H30IN7. The molecule has 2 N–H and O–H groups in total. The normalized spacial score (nSPS) is 14.8. The Morgan fingerprint density at radius 3 is 2.71 bits per heavy atom. The molecular weight excluding hydrogens is 501 g/mol. The number of aromatic nitrogens is 3. The number of benzene rings is 1. The average Bonchev–Trinajstić information content (AvgIpc) is 3.51. The quantitative estimate of drug-likeness (QED) is 0.287. The Balaban J connectivity index is 0.00000272. The molecule has 1 aliphatic rings. The molecule has 164 valence electrons. The van der Waals surface area contributed by atoms with Gasteiger partial charge >= 0.3 is 0 Å². The van der Waals surface area contributed by atoms with Crippen LogP contribution in [0.2, 0.25) is 0 Å². The monoisotopic (exact) mass is 531 g/mol. The molecule has 3 heterocycles. The van der Waals surface area contributed by atoms with Gasteiger partial charge in [-0.2, -0.15) is 0 Å². The Hall–Kier alpha value is -2.62. The van der Waals surface area contributed by atoms with Crippen LogP contribution >= 0.6 is 24.0 Å². The maximum absolute atomic E-state index is 4.50. The molecule has 7 nitrogen and oxygen atoms in total. The number of rotatable bonds is 6. The van der Waals surface area contributed by atoms with Crippen molar-refractivity contribution in [2.24, 2.45) is 4.99 Å². The third-order valence-electron chi connectivity index (χ3n) is 5.46. The van der Waals surface area contributed by atoms with Gasteiger partial charge in [-0.1, -0.05) is 18.2 Å². The van der Waals surface area contributed by atoms with Gasteiger partial charge in [-0.25, -0.2) is 9.97 Å². The van der Waals surface area contributed by atoms with Crippen molar-refractivity contribution in [1.82, 2.24) is 25.2 Å². The van der Waals surface area contributed by atoms with Crippen LogP contribution in [0.15, 0.2) is 66.3 Å². The first-order chi connectivity index (χ1) is 14.7. The van der Waals surface area contributed by atoms with Crippen LogP contribution in [0.1, 0.15) is 36.9 Å². The van der Waals surface area contributed by atoms with Gasteiger partial charge in [-0.15, -0.1) is 24.0 Å². The van der Waals surface area contributed by atoms with Gasteiger partial charge in [0.2, 0.25) is 0 Å². The first kappa shape index (κ1) is 23.1. The Morgan fingerprint density at radius 1 is 1.19 bits per heavy atom. The molecule has 0 saturated carbocycles. The predicted molar refractivity (Wildman–Crippen MR) is 136 cm³/mol. The molecule has 0 spiro atoms. The third-order valence-corrected chi connectivity index (χ3v) is 5.46. The zero-order chi connectivity index (χ0) is 20.8. The van der Waals surface area contributed by atoms with E-state index in [9.17, 15) is 0 Å². The maximum atomic E-state index is 4.50. The molecule has 0 bridgehead atoms. The fourth-order valence-corrected chi connectivity index (χ4v) is 3.70. The number of halogens is 1. The van der Waals surface area contributed by atoms with Gasteiger partial charge in [0.1, 0.15) is 12.1 Å². The molecule has 1 saturated heterocycles. The van der Waals surface area contributed by atoms with Crippen LogP contribution in [0.3, 0.4) is 0 Å². The summed E-state index contributed by atoms with van der Waals surface area (Å²) < 4.78 is 1.88. The Morgan fingerprint density at radius 2 is 2.03 bits per heavy atom. The number of anilines is 1. The summed E-state index contributed by atoms with van der Waals surface area (Å²) in [4.78, 5) is 15.4. The van der Waals surface area contributed by atoms with Crippen molar-refractivity contribution in [1.29, 1.82) is 0 Å². The van der Waals surface area contributed by atoms with Gasteiger partial charge in [0.25, 0.3) is 0 Å². The van der Waals surface area contributed by atoms with Crippen molar-refractivity contribution >= 4 is 35.6 Å². The summed E-state index contributed by atoms with van der Waals surface area (Å²) in [6.45, 7) is 5.12. The molecule has 31 heavy (non-hydrogen) atoms. The number of pyridine rings is 1. The molecule has 1 aliphatic heterocycles. The van der Waals surface area contributed by atoms with E-state index in [0.717, 1.165) is 30.4 Å². The molecule has 4 rings (SSSR count). The average molecular weight is 531 g/mol. The lowest BCUT2D eigenvalue weighted by atomic mass is 10.1. The third kappa shape index (κ3) is 5.96. The second kappa shape index (κ2) is 11.1. The minimum absolute atomic E-state index is 0. The highest BCUT2D eigenvalue weighted by atomic mass is 127. The molecule has 0 aliphatic carbocycles. The van der Waals surface area contributed by atoms with Gasteiger partial charge in [0.15, 0.2) is 5.96 Å². The number of nitrogens with zero attached hydrogens (tertiary/aromatic N) is 5. The summed E-state index contributed by atoms with van der Waals surface area (Å²) in [6, 6.07) is 13.0. The van der Waals surface area contributed by atoms with Gasteiger partial charge in [-0.05, 0) is 49.1 Å². The maximum Gasteiger partial charge on any atom is 0.191 e. The highest BCUT2D eigenvalue weighted by Crippen LogP contribution is 2.23. The Kier molecular flexibility index (Phi) is 8.27. The molecule has 1 atom stereocenters. The second-order valence-corrected chi connectivity index (χ2v) is 7.58. The van der Waals surface area contributed by atoms with Crippen LogP contribution in [-0.2, 0) is 6.54 Å². The van der Waals surface area contributed by atoms with Crippen LogP contribution in [0.4, 0.5) is 5.69 Å². The van der Waals surface area contributed by atoms with Crippen molar-refractivity contribution < 1.29 is 0 Å². The van der Waals surface area contributed by atoms with Crippen molar-refractivity contribution in [3.8, 4) is 5.82 Å². The summed E-state index contributed by atoms with van der Waals surface area (Å²) >= 11 is 0. The zero-order valence-electron chi connectivity index (χ0n) is 18.0. The topological polar surface area (TPSA) is 70.4 Å². The molecule has 0 amide bonds. The van der Waals surface area contributed by atoms with E-state index in [1.54, 1.807) is 19.6 Å². The summed E-state index contributed by atoms with van der Waals surface area (Å²) in [5.74, 6) is 1.62. The molecule has 0 radical (unpaired) electrons. The standard InChI is InChI=1S/C23H29N7.HI/c1-18(20-6-5-7-21(14-20)29-11-3-4-12-29)28-23(24-2)27-16-19-8-9-22(26-15-19)30-13-10-25-17-30;/h5-10,13-15,17-18H,3-4,11-12,16H2,1-2H3,(H2,24,27,28);1H. The number of hydrogen-bond donors (Lipinski definition) is 2. The summed E-state index contributed by atoms with van der Waals surface area (Å²) in [7, 11) is 1.79. The van der Waals surface area contributed by atoms with E-state index in [-0.39, 0.29) is 30.0 Å². The fourth-order valence-electron chi connectivity index (χ4n) is 3.70. The highest BCUT2D eigenvalue weighted by molar-refractivity contribution is 14.0. The van der Waals surface area contributed by atoms with E-state index in [4.69, 9.17) is 0 Å². The smallest absolute Gasteiger partial charge is 0.191 e. The van der Waals surface area contributed by atoms with Crippen LogP contribution < -0.4 is 15.5 Å². The van der Waals surface area contributed by atoms with E-state index in [1.807, 2.05) is 23.0 Å². The minimum atomic E-state index is 0. The molecule has 3 aromatic rings. The van der Waals surface area contributed by atoms with E-state index < -0.39 is 0 Å². The fraction of sp³-hybridized carbons (Fsp3) is 0.348. The zero-order valence-corrected chi connectivity index (χ0v) is 20.4. The van der Waals surface area contributed by atoms with Crippen molar-refractivity contribution in [3.63, 3.8) is 0 Å². The second-order valence-electron chi connectivity index (χ2n) is 7.58. The summed E-state index contributed by atoms with van der Waals surface area (Å²) in [6.07, 6.45) is 9.81. The number of imidazole rings is 1. The first-order valence-corrected chi connectivity index (χ1v) is 10.5. The first-order valence-electron chi connectivity index (χ1n) is 10.5. The van der Waals surface area contributed by atoms with Crippen molar-refractivity contribution in [3.05, 3.63) is 72.4 Å². The SMILES string of the molecule is CN=C(NCc1ccc(-n2ccnc2)nc1)NC(C)c1cccc(N2CCCC2)c1.I. The van der Waals surface area contributed by atoms with Crippen molar-refractivity contribution in [2.45, 2.75) is 32.4 Å². The largest absolute Gasteiger partial charge is 0.372 e. The van der Waals surface area contributed by atoms with E-state index >= 15 is 0 Å². The van der Waals surface area contributed by atoms with Crippen LogP contribution in [0.5, 0.6) is 0 Å². The lowest BCUT2D eigenvalue weighted by Crippen LogP contribution is -2.38. The summed E-state index contributed by atoms with van der Waals surface area (Å²) in [5.41, 5.74) is 3.66. The molecule has 1 unspecified atom stereocenters. The van der Waals surface area contributed by atoms with Crippen LogP contribution in [0.25, 0.3) is 5.82 Å². The molecule has 8 heteroatoms. The van der Waals surface area contributed by atoms with Gasteiger partial charge < -0.3 is 15.5 Å². The number of aliphatic imine (C=N–C) groups is 1. The number of hydrogen-bond acceptors (Lipinski definition) is 4. The molecule has 1 aromatic carbocycles. The number of nitrogens with one attached hydrogen (secondary N) is 2. The number of guanidine groups is 1. The minimum Gasteiger partial charge on any atom is -0.372 e. The van der Waals surface area contributed by atoms with Crippen LogP contribution in [-0.4, -0.2) is 40.6 Å². The van der Waals surface area contributed by atoms with E-state index in [1.165, 1.54) is 24.1 Å². The Labute approximate surface area is 201 Å². The van der Waals surface area contributed by atoms with E-state index in [0.29, 0.717) is 6.54 Å². The summed E-state index contributed by atoms with van der Waals surface area (Å²) in [5, 5.41) is 6.87. The lowest BCUT2D eigenvalue weighted by molar-refractivity contribution is 0.684. The van der Waals surface area contributed by atoms with Gasteiger partial charge in [-0.3, -0.25) is 9.56 Å². The van der Waals surface area contributed by atoms with Gasteiger partial charge in [0.05, 0.1) is 6.04 Å². The molecule has 2 aromatic heterocycles. The highest BCUT2D eigenvalue weighted by Gasteiger charge is 2.14. The van der Waals surface area contributed by atoms with Crippen LogP contribution in [0, 0.1) is 0 Å². The lowest BCUT2D eigenvalue weighted by Gasteiger charge is -2.22. The predicted octanol–water partition coefficient (Wildman–Crippen LogP) is 3.91. The Bertz CT molecular complexity index is 964. The van der Waals surface area contributed by atoms with Crippen molar-refractivity contribution in [2.75, 3.05) is 25.0 Å².